The van der Waals surface area contributed by atoms with E-state index in [9.17, 15) is 4.79 Å². The molecule has 0 radical (unpaired) electrons. The van der Waals surface area contributed by atoms with Gasteiger partial charge in [-0.25, -0.2) is 9.98 Å². The Morgan fingerprint density at radius 2 is 2.23 bits per heavy atom. The monoisotopic (exact) mass is 429 g/mol. The van der Waals surface area contributed by atoms with Crippen LogP contribution in [0.3, 0.4) is 0 Å². The Bertz CT molecular complexity index is 882. The molecule has 7 nitrogen and oxygen atoms in total. The molecule has 1 aromatic heterocycles. The second-order valence-electron chi connectivity index (χ2n) is 7.36. The number of aryl methyl sites for hydroxylation is 1. The summed E-state index contributed by atoms with van der Waals surface area (Å²) in [5.74, 6) is 0.723. The molecule has 1 N–H and O–H groups in total. The van der Waals surface area contributed by atoms with Gasteiger partial charge in [-0.05, 0) is 38.3 Å². The number of carbonyl (C=O) groups excluding carboxylic acids is 1. The predicted molar refractivity (Wildman–Crippen MR) is 122 cm³/mol. The van der Waals surface area contributed by atoms with Crippen LogP contribution in [-0.2, 0) is 22.5 Å². The number of nitrogens with one attached hydrogen (secondary N) is 1. The summed E-state index contributed by atoms with van der Waals surface area (Å²) in [6.07, 6.45) is 1.99. The number of aliphatic imine (C=N–C) groups is 1. The number of fused-ring (bicyclic) bond motifs is 1. The maximum Gasteiger partial charge on any atom is 0.248 e. The number of aromatic nitrogens is 1. The summed E-state index contributed by atoms with van der Waals surface area (Å²) in [7, 11) is 3.65. The Morgan fingerprint density at radius 1 is 1.43 bits per heavy atom. The van der Waals surface area contributed by atoms with Crippen molar-refractivity contribution in [3.05, 3.63) is 45.9 Å². The van der Waals surface area contributed by atoms with Gasteiger partial charge in [0.2, 0.25) is 5.91 Å². The van der Waals surface area contributed by atoms with Crippen LogP contribution in [0.1, 0.15) is 42.6 Å². The van der Waals surface area contributed by atoms with E-state index < -0.39 is 0 Å². The fourth-order valence-corrected chi connectivity index (χ4v) is 4.33. The Labute approximate surface area is 182 Å². The van der Waals surface area contributed by atoms with Crippen molar-refractivity contribution >= 4 is 28.9 Å². The Kier molecular flexibility index (Phi) is 7.81. The summed E-state index contributed by atoms with van der Waals surface area (Å²) in [5.41, 5.74) is 3.21. The summed E-state index contributed by atoms with van der Waals surface area (Å²) in [6.45, 7) is 6.21. The van der Waals surface area contributed by atoms with Crippen LogP contribution in [0.4, 0.5) is 5.69 Å². The number of thiazole rings is 1. The molecule has 0 spiro atoms. The molecule has 8 heteroatoms. The third-order valence-electron chi connectivity index (χ3n) is 5.14. The number of hydrogen-bond donors (Lipinski definition) is 1. The number of nitrogens with zero attached hydrogens (tertiary/aromatic N) is 4. The van der Waals surface area contributed by atoms with E-state index in [1.807, 2.05) is 54.3 Å². The second kappa shape index (κ2) is 10.5. The Balaban J connectivity index is 1.67. The number of guanidine groups is 1. The fourth-order valence-electron chi connectivity index (χ4n) is 3.49. The smallest absolute Gasteiger partial charge is 0.248 e. The molecule has 2 heterocycles. The Morgan fingerprint density at radius 3 is 3.00 bits per heavy atom. The largest absolute Gasteiger partial charge is 0.375 e. The standard InChI is InChI=1S/C22H31N5O2S/c1-5-23-22(26(3)14-18-15-30-21(25-18)16(2)29-4)24-13-20(28)27-12-8-10-17-9-6-7-11-19(17)27/h6-7,9,11,15-16H,5,8,10,12-14H2,1-4H3,(H,23,24). The number of hydrogen-bond acceptors (Lipinski definition) is 5. The molecule has 0 saturated heterocycles. The van der Waals surface area contributed by atoms with E-state index in [2.05, 4.69) is 21.4 Å². The van der Waals surface area contributed by atoms with E-state index in [1.165, 1.54) is 5.56 Å². The third kappa shape index (κ3) is 5.37. The lowest BCUT2D eigenvalue weighted by Crippen LogP contribution is -2.41. The molecule has 1 aromatic carbocycles. The molecule has 1 amide bonds. The molecule has 1 aliphatic heterocycles. The van der Waals surface area contributed by atoms with Crippen LogP contribution in [0.25, 0.3) is 0 Å². The van der Waals surface area contributed by atoms with Gasteiger partial charge in [0, 0.05) is 38.3 Å². The lowest BCUT2D eigenvalue weighted by Gasteiger charge is -2.29. The van der Waals surface area contributed by atoms with Crippen molar-refractivity contribution in [3.63, 3.8) is 0 Å². The van der Waals surface area contributed by atoms with E-state index in [0.717, 1.165) is 42.3 Å². The zero-order valence-corrected chi connectivity index (χ0v) is 19.0. The summed E-state index contributed by atoms with van der Waals surface area (Å²) >= 11 is 1.60. The first-order valence-corrected chi connectivity index (χ1v) is 11.3. The van der Waals surface area contributed by atoms with Crippen LogP contribution in [0.5, 0.6) is 0 Å². The SMILES string of the molecule is CCNC(=NCC(=O)N1CCCc2ccccc21)N(C)Cc1csc(C(C)OC)n1. The molecular formula is C22H31N5O2S. The average Bonchev–Trinajstić information content (AvgIpc) is 3.23. The molecule has 0 fully saturated rings. The highest BCUT2D eigenvalue weighted by atomic mass is 32.1. The molecule has 1 unspecified atom stereocenters. The first-order valence-electron chi connectivity index (χ1n) is 10.4. The highest BCUT2D eigenvalue weighted by molar-refractivity contribution is 7.09. The lowest BCUT2D eigenvalue weighted by molar-refractivity contribution is -0.117. The maximum atomic E-state index is 12.9. The number of anilines is 1. The van der Waals surface area contributed by atoms with Crippen LogP contribution in [-0.4, -0.2) is 55.5 Å². The second-order valence-corrected chi connectivity index (χ2v) is 8.25. The first-order chi connectivity index (χ1) is 14.5. The van der Waals surface area contributed by atoms with Crippen molar-refractivity contribution < 1.29 is 9.53 Å². The van der Waals surface area contributed by atoms with Gasteiger partial charge < -0.3 is 19.9 Å². The van der Waals surface area contributed by atoms with Gasteiger partial charge in [0.05, 0.1) is 12.2 Å². The number of ether oxygens (including phenoxy) is 1. The molecular weight excluding hydrogens is 398 g/mol. The van der Waals surface area contributed by atoms with E-state index in [4.69, 9.17) is 4.74 Å². The number of para-hydroxylation sites is 1. The number of benzene rings is 1. The van der Waals surface area contributed by atoms with Crippen molar-refractivity contribution in [2.24, 2.45) is 4.99 Å². The van der Waals surface area contributed by atoms with Gasteiger partial charge >= 0.3 is 0 Å². The Hall–Kier alpha value is -2.45. The predicted octanol–water partition coefficient (Wildman–Crippen LogP) is 3.23. The van der Waals surface area contributed by atoms with E-state index >= 15 is 0 Å². The van der Waals surface area contributed by atoms with Crippen molar-refractivity contribution in [2.75, 3.05) is 38.7 Å². The average molecular weight is 430 g/mol. The summed E-state index contributed by atoms with van der Waals surface area (Å²) < 4.78 is 5.34. The maximum absolute atomic E-state index is 12.9. The van der Waals surface area contributed by atoms with E-state index in [1.54, 1.807) is 18.4 Å². The summed E-state index contributed by atoms with van der Waals surface area (Å²) in [6, 6.07) is 8.13. The van der Waals surface area contributed by atoms with Crippen molar-refractivity contribution in [1.82, 2.24) is 15.2 Å². The highest BCUT2D eigenvalue weighted by Crippen LogP contribution is 2.26. The molecule has 0 bridgehead atoms. The molecule has 3 rings (SSSR count). The zero-order valence-electron chi connectivity index (χ0n) is 18.2. The summed E-state index contributed by atoms with van der Waals surface area (Å²) in [4.78, 5) is 26.0. The van der Waals surface area contributed by atoms with Gasteiger partial charge in [0.25, 0.3) is 0 Å². The number of carbonyl (C=O) groups is 1. The van der Waals surface area contributed by atoms with E-state index in [0.29, 0.717) is 12.5 Å². The van der Waals surface area contributed by atoms with Crippen LogP contribution in [0.15, 0.2) is 34.6 Å². The molecule has 162 valence electrons. The van der Waals surface area contributed by atoms with Gasteiger partial charge in [0.1, 0.15) is 17.7 Å². The van der Waals surface area contributed by atoms with Gasteiger partial charge in [-0.15, -0.1) is 11.3 Å². The summed E-state index contributed by atoms with van der Waals surface area (Å²) in [5, 5.41) is 6.28. The van der Waals surface area contributed by atoms with Gasteiger partial charge in [0.15, 0.2) is 5.96 Å². The molecule has 1 aliphatic rings. The lowest BCUT2D eigenvalue weighted by atomic mass is 10.0. The van der Waals surface area contributed by atoms with Crippen molar-refractivity contribution in [3.8, 4) is 0 Å². The molecule has 30 heavy (non-hydrogen) atoms. The van der Waals surface area contributed by atoms with Crippen LogP contribution in [0, 0.1) is 0 Å². The van der Waals surface area contributed by atoms with Gasteiger partial charge in [-0.2, -0.15) is 0 Å². The first kappa shape index (κ1) is 22.2. The highest BCUT2D eigenvalue weighted by Gasteiger charge is 2.22. The molecule has 0 saturated carbocycles. The number of methoxy groups -OCH3 is 1. The van der Waals surface area contributed by atoms with Crippen LogP contribution in [0.2, 0.25) is 0 Å². The van der Waals surface area contributed by atoms with Gasteiger partial charge in [-0.3, -0.25) is 4.79 Å². The molecule has 2 aromatic rings. The minimum Gasteiger partial charge on any atom is -0.375 e. The van der Waals surface area contributed by atoms with E-state index in [-0.39, 0.29) is 18.6 Å². The normalized spacial score (nSPS) is 14.9. The number of rotatable bonds is 7. The third-order valence-corrected chi connectivity index (χ3v) is 6.20. The van der Waals surface area contributed by atoms with Crippen molar-refractivity contribution in [1.29, 1.82) is 0 Å². The van der Waals surface area contributed by atoms with Crippen LogP contribution < -0.4 is 10.2 Å². The minimum atomic E-state index is -0.0130. The van der Waals surface area contributed by atoms with Crippen LogP contribution >= 0.6 is 11.3 Å². The fraction of sp³-hybridized carbons (Fsp3) is 0.500. The molecule has 1 atom stereocenters. The quantitative estimate of drug-likeness (QED) is 0.541. The molecule has 0 aliphatic carbocycles. The topological polar surface area (TPSA) is 70.1 Å². The van der Waals surface area contributed by atoms with Gasteiger partial charge in [-0.1, -0.05) is 18.2 Å². The zero-order chi connectivity index (χ0) is 21.5. The number of amides is 1. The minimum absolute atomic E-state index is 0.0130. The van der Waals surface area contributed by atoms with Crippen molar-refractivity contribution in [2.45, 2.75) is 39.3 Å².